The summed E-state index contributed by atoms with van der Waals surface area (Å²) in [5, 5.41) is 3.27. The molecule has 5 heteroatoms. The fourth-order valence-corrected chi connectivity index (χ4v) is 2.81. The minimum atomic E-state index is -0.0539. The maximum absolute atomic E-state index is 12.6. The van der Waals surface area contributed by atoms with Crippen molar-refractivity contribution in [2.75, 3.05) is 20.1 Å². The van der Waals surface area contributed by atoms with Crippen LogP contribution in [0, 0.1) is 6.92 Å². The second-order valence-corrected chi connectivity index (χ2v) is 5.65. The van der Waals surface area contributed by atoms with Gasteiger partial charge in [0, 0.05) is 24.7 Å². The highest BCUT2D eigenvalue weighted by atomic mass is 16.4. The van der Waals surface area contributed by atoms with Crippen molar-refractivity contribution in [3.63, 3.8) is 0 Å². The molecule has 0 aliphatic carbocycles. The number of hydrogen-bond donors (Lipinski definition) is 1. The molecular formula is C17H21N3O2. The molecule has 1 N–H and O–H groups in total. The molecule has 0 radical (unpaired) electrons. The van der Waals surface area contributed by atoms with Crippen LogP contribution < -0.4 is 5.32 Å². The number of oxazole rings is 1. The Morgan fingerprint density at radius 1 is 1.27 bits per heavy atom. The van der Waals surface area contributed by atoms with Crippen LogP contribution in [0.1, 0.15) is 29.1 Å². The second-order valence-electron chi connectivity index (χ2n) is 5.65. The Labute approximate surface area is 130 Å². The molecule has 0 spiro atoms. The predicted octanol–water partition coefficient (Wildman–Crippen LogP) is 2.47. The molecule has 1 aromatic heterocycles. The van der Waals surface area contributed by atoms with Crippen LogP contribution in [0.25, 0.3) is 11.5 Å². The number of benzene rings is 1. The number of carbonyl (C=O) groups excluding carboxylic acids is 1. The normalized spacial score (nSPS) is 16.0. The van der Waals surface area contributed by atoms with E-state index in [1.807, 2.05) is 49.2 Å². The Balaban J connectivity index is 1.78. The Morgan fingerprint density at radius 3 is 2.59 bits per heavy atom. The number of nitrogens with zero attached hydrogens (tertiary/aromatic N) is 2. The van der Waals surface area contributed by atoms with Crippen molar-refractivity contribution in [1.82, 2.24) is 15.2 Å². The molecule has 1 fully saturated rings. The smallest absolute Gasteiger partial charge is 0.291 e. The SMILES string of the molecule is CNC1CCN(C(=O)c2oc(-c3ccccc3)nc2C)CC1. The van der Waals surface area contributed by atoms with Gasteiger partial charge in [-0.15, -0.1) is 0 Å². The van der Waals surface area contributed by atoms with E-state index in [0.717, 1.165) is 31.5 Å². The number of aromatic nitrogens is 1. The summed E-state index contributed by atoms with van der Waals surface area (Å²) in [4.78, 5) is 18.9. The number of nitrogens with one attached hydrogen (secondary N) is 1. The standard InChI is InChI=1S/C17H21N3O2/c1-12-15(17(21)20-10-8-14(18-2)9-11-20)22-16(19-12)13-6-4-3-5-7-13/h3-7,14,18H,8-11H2,1-2H3. The molecule has 0 saturated carbocycles. The van der Waals surface area contributed by atoms with Crippen molar-refractivity contribution < 1.29 is 9.21 Å². The molecule has 3 rings (SSSR count). The summed E-state index contributed by atoms with van der Waals surface area (Å²) in [6.45, 7) is 3.33. The Kier molecular flexibility index (Phi) is 4.24. The van der Waals surface area contributed by atoms with Crippen molar-refractivity contribution in [3.8, 4) is 11.5 Å². The quantitative estimate of drug-likeness (QED) is 0.946. The first-order valence-corrected chi connectivity index (χ1v) is 7.68. The zero-order valence-electron chi connectivity index (χ0n) is 13.0. The van der Waals surface area contributed by atoms with Gasteiger partial charge in [0.15, 0.2) is 0 Å². The Bertz CT molecular complexity index is 643. The molecule has 22 heavy (non-hydrogen) atoms. The van der Waals surface area contributed by atoms with Gasteiger partial charge in [0.2, 0.25) is 11.7 Å². The van der Waals surface area contributed by atoms with Crippen molar-refractivity contribution in [2.45, 2.75) is 25.8 Å². The average Bonchev–Trinajstić information content (AvgIpc) is 2.97. The topological polar surface area (TPSA) is 58.4 Å². The molecular weight excluding hydrogens is 278 g/mol. The number of amides is 1. The van der Waals surface area contributed by atoms with Gasteiger partial charge in [-0.05, 0) is 38.9 Å². The van der Waals surface area contributed by atoms with E-state index in [2.05, 4.69) is 10.3 Å². The molecule has 116 valence electrons. The first kappa shape index (κ1) is 14.8. The van der Waals surface area contributed by atoms with Gasteiger partial charge < -0.3 is 14.6 Å². The summed E-state index contributed by atoms with van der Waals surface area (Å²) in [6, 6.07) is 10.2. The molecule has 5 nitrogen and oxygen atoms in total. The van der Waals surface area contributed by atoms with E-state index < -0.39 is 0 Å². The van der Waals surface area contributed by atoms with Gasteiger partial charge >= 0.3 is 0 Å². The summed E-state index contributed by atoms with van der Waals surface area (Å²) >= 11 is 0. The van der Waals surface area contributed by atoms with Crippen molar-refractivity contribution in [3.05, 3.63) is 41.8 Å². The maximum Gasteiger partial charge on any atom is 0.291 e. The lowest BCUT2D eigenvalue weighted by atomic mass is 10.1. The van der Waals surface area contributed by atoms with Gasteiger partial charge in [-0.1, -0.05) is 18.2 Å². The fraction of sp³-hybridized carbons (Fsp3) is 0.412. The summed E-state index contributed by atoms with van der Waals surface area (Å²) in [6.07, 6.45) is 1.95. The summed E-state index contributed by atoms with van der Waals surface area (Å²) in [5.41, 5.74) is 1.54. The molecule has 1 aliphatic heterocycles. The molecule has 1 amide bonds. The molecule has 0 atom stereocenters. The van der Waals surface area contributed by atoms with E-state index in [4.69, 9.17) is 4.42 Å². The fourth-order valence-electron chi connectivity index (χ4n) is 2.81. The third kappa shape index (κ3) is 2.90. The zero-order chi connectivity index (χ0) is 15.5. The van der Waals surface area contributed by atoms with E-state index in [1.54, 1.807) is 0 Å². The zero-order valence-corrected chi connectivity index (χ0v) is 13.0. The van der Waals surface area contributed by atoms with Crippen LogP contribution in [0.2, 0.25) is 0 Å². The first-order chi connectivity index (χ1) is 10.7. The van der Waals surface area contributed by atoms with Gasteiger partial charge in [0.05, 0.1) is 5.69 Å². The number of piperidine rings is 1. The van der Waals surface area contributed by atoms with Crippen LogP contribution in [0.15, 0.2) is 34.7 Å². The molecule has 1 aromatic carbocycles. The van der Waals surface area contributed by atoms with Crippen LogP contribution in [0.5, 0.6) is 0 Å². The maximum atomic E-state index is 12.6. The molecule has 1 saturated heterocycles. The lowest BCUT2D eigenvalue weighted by Gasteiger charge is -2.31. The molecule has 2 heterocycles. The van der Waals surface area contributed by atoms with Crippen molar-refractivity contribution in [2.24, 2.45) is 0 Å². The second kappa shape index (κ2) is 6.32. The predicted molar refractivity (Wildman–Crippen MR) is 84.7 cm³/mol. The number of aryl methyl sites for hydroxylation is 1. The third-order valence-electron chi connectivity index (χ3n) is 4.20. The van der Waals surface area contributed by atoms with E-state index >= 15 is 0 Å². The molecule has 0 bridgehead atoms. The summed E-state index contributed by atoms with van der Waals surface area (Å²) in [5.74, 6) is 0.815. The number of hydrogen-bond acceptors (Lipinski definition) is 4. The monoisotopic (exact) mass is 299 g/mol. The van der Waals surface area contributed by atoms with E-state index in [0.29, 0.717) is 23.4 Å². The van der Waals surface area contributed by atoms with Gasteiger partial charge in [-0.2, -0.15) is 0 Å². The Morgan fingerprint density at radius 2 is 1.95 bits per heavy atom. The van der Waals surface area contributed by atoms with E-state index in [9.17, 15) is 4.79 Å². The first-order valence-electron chi connectivity index (χ1n) is 7.68. The van der Waals surface area contributed by atoms with E-state index in [-0.39, 0.29) is 5.91 Å². The van der Waals surface area contributed by atoms with Gasteiger partial charge in [-0.3, -0.25) is 4.79 Å². The van der Waals surface area contributed by atoms with Crippen molar-refractivity contribution in [1.29, 1.82) is 0 Å². The van der Waals surface area contributed by atoms with Crippen molar-refractivity contribution >= 4 is 5.91 Å². The van der Waals surface area contributed by atoms with Gasteiger partial charge in [-0.25, -0.2) is 4.98 Å². The van der Waals surface area contributed by atoms with Crippen LogP contribution in [-0.2, 0) is 0 Å². The van der Waals surface area contributed by atoms with Crippen LogP contribution in [0.4, 0.5) is 0 Å². The van der Waals surface area contributed by atoms with E-state index in [1.165, 1.54) is 0 Å². The number of likely N-dealkylation sites (tertiary alicyclic amines) is 1. The highest BCUT2D eigenvalue weighted by Crippen LogP contribution is 2.23. The Hall–Kier alpha value is -2.14. The minimum Gasteiger partial charge on any atom is -0.431 e. The van der Waals surface area contributed by atoms with Crippen LogP contribution in [0.3, 0.4) is 0 Å². The summed E-state index contributed by atoms with van der Waals surface area (Å²) in [7, 11) is 1.97. The van der Waals surface area contributed by atoms with Crippen LogP contribution >= 0.6 is 0 Å². The van der Waals surface area contributed by atoms with Gasteiger partial charge in [0.25, 0.3) is 5.91 Å². The lowest BCUT2D eigenvalue weighted by Crippen LogP contribution is -2.44. The summed E-state index contributed by atoms with van der Waals surface area (Å²) < 4.78 is 5.75. The van der Waals surface area contributed by atoms with Gasteiger partial charge in [0.1, 0.15) is 0 Å². The highest BCUT2D eigenvalue weighted by Gasteiger charge is 2.27. The highest BCUT2D eigenvalue weighted by molar-refractivity contribution is 5.93. The minimum absolute atomic E-state index is 0.0539. The molecule has 1 aliphatic rings. The number of carbonyl (C=O) groups is 1. The lowest BCUT2D eigenvalue weighted by molar-refractivity contribution is 0.0675. The average molecular weight is 299 g/mol. The number of rotatable bonds is 3. The van der Waals surface area contributed by atoms with Crippen LogP contribution in [-0.4, -0.2) is 42.0 Å². The largest absolute Gasteiger partial charge is 0.431 e. The molecule has 0 unspecified atom stereocenters. The third-order valence-corrected chi connectivity index (χ3v) is 4.20. The molecule has 2 aromatic rings.